The highest BCUT2D eigenvalue weighted by atomic mass is 35.5. The maximum atomic E-state index is 14.5. The van der Waals surface area contributed by atoms with Crippen molar-refractivity contribution >= 4 is 87.7 Å². The number of carbonyl (C=O) groups is 7. The minimum atomic E-state index is -5.84. The molecule has 3 aliphatic rings. The third-order valence-corrected chi connectivity index (χ3v) is 14.6. The van der Waals surface area contributed by atoms with Crippen LogP contribution in [0.25, 0.3) is 10.1 Å². The van der Waals surface area contributed by atoms with Gasteiger partial charge in [-0.3, -0.25) is 43.4 Å². The summed E-state index contributed by atoms with van der Waals surface area (Å²) in [6.45, 7) is 5.89. The summed E-state index contributed by atoms with van der Waals surface area (Å²) in [5.74, 6) is 3.09. The molecule has 2 fully saturated rings. The molecule has 3 aliphatic heterocycles. The number of hydrogen-bond acceptors (Lipinski definition) is 9. The van der Waals surface area contributed by atoms with Crippen LogP contribution in [-0.2, 0) is 40.7 Å². The number of thiophene rings is 1. The Morgan fingerprint density at radius 3 is 2.46 bits per heavy atom. The summed E-state index contributed by atoms with van der Waals surface area (Å²) in [7, 11) is -5.84. The van der Waals surface area contributed by atoms with Crippen LogP contribution in [-0.4, -0.2) is 98.7 Å². The number of anilines is 1. The van der Waals surface area contributed by atoms with E-state index in [1.54, 1.807) is 63.2 Å². The van der Waals surface area contributed by atoms with Crippen LogP contribution in [0, 0.1) is 17.3 Å². The quantitative estimate of drug-likeness (QED) is 0.0426. The molecule has 16 nitrogen and oxygen atoms in total. The van der Waals surface area contributed by atoms with Gasteiger partial charge in [0.15, 0.2) is 0 Å². The maximum Gasteiger partial charge on any atom is 0.399 e. The van der Waals surface area contributed by atoms with Crippen LogP contribution in [0.5, 0.6) is 0 Å². The number of hydrogen-bond donors (Lipinski definition) is 5. The number of alkyl halides is 2. The lowest BCUT2D eigenvalue weighted by atomic mass is 9.85. The highest BCUT2D eigenvalue weighted by Crippen LogP contribution is 2.59. The second-order valence-corrected chi connectivity index (χ2v) is 21.3. The van der Waals surface area contributed by atoms with Gasteiger partial charge in [0.2, 0.25) is 29.5 Å². The van der Waals surface area contributed by atoms with Crippen molar-refractivity contribution in [3.05, 3.63) is 98.9 Å². The molecular weight excluding hydrogens is 957 g/mol. The maximum absolute atomic E-state index is 14.5. The number of nitrogens with zero attached hydrogens (tertiary/aromatic N) is 3. The first-order valence-corrected chi connectivity index (χ1v) is 25.0. The topological polar surface area (TPSA) is 223 Å². The Bertz CT molecular complexity index is 2840. The number of likely N-dealkylation sites (tertiary alicyclic amines) is 1. The molecule has 3 atom stereocenters. The first-order chi connectivity index (χ1) is 32.5. The summed E-state index contributed by atoms with van der Waals surface area (Å²) in [4.78, 5) is 116. The van der Waals surface area contributed by atoms with Gasteiger partial charge in [0.05, 0.1) is 4.88 Å². The second kappa shape index (κ2) is 20.5. The first-order valence-electron chi connectivity index (χ1n) is 22.2. The number of carbonyl (C=O) groups excluding carboxylic acids is 7. The number of nitrogens with one attached hydrogen (secondary N) is 3. The fourth-order valence-corrected chi connectivity index (χ4v) is 10.1. The minimum absolute atomic E-state index is 0.0362. The van der Waals surface area contributed by atoms with Crippen molar-refractivity contribution in [3.63, 3.8) is 0 Å². The van der Waals surface area contributed by atoms with Crippen molar-refractivity contribution in [2.45, 2.75) is 96.1 Å². The van der Waals surface area contributed by atoms with Crippen LogP contribution in [0.3, 0.4) is 0 Å². The van der Waals surface area contributed by atoms with E-state index in [1.165, 1.54) is 26.8 Å². The SMILES string of the molecule is CC(C)(C)C(NC(=O)c1cc2cc(C(F)(F)P(=O)(O)O)ccc2s1)C(=O)N1CCCC1C(=O)N(CCC(=O)NCCCC#Cc1cccc2c1CN(C1CCC(=O)NC1=O)C2=O)c1ccc(Cl)cc1. The zero-order valence-electron chi connectivity index (χ0n) is 37.9. The van der Waals surface area contributed by atoms with Gasteiger partial charge < -0.3 is 35.1 Å². The average Bonchev–Trinajstić information content (AvgIpc) is 4.04. The van der Waals surface area contributed by atoms with E-state index in [2.05, 4.69) is 27.8 Å². The van der Waals surface area contributed by atoms with Gasteiger partial charge in [-0.2, -0.15) is 8.78 Å². The van der Waals surface area contributed by atoms with Crippen molar-refractivity contribution < 1.29 is 56.7 Å². The van der Waals surface area contributed by atoms with E-state index in [0.29, 0.717) is 57.8 Å². The van der Waals surface area contributed by atoms with Gasteiger partial charge in [0.1, 0.15) is 18.1 Å². The molecule has 69 heavy (non-hydrogen) atoms. The Hall–Kier alpha value is -6.03. The highest BCUT2D eigenvalue weighted by molar-refractivity contribution is 7.52. The van der Waals surface area contributed by atoms with E-state index in [-0.39, 0.29) is 73.4 Å². The molecule has 7 rings (SSSR count). The van der Waals surface area contributed by atoms with Crippen LogP contribution >= 0.6 is 30.5 Å². The lowest BCUT2D eigenvalue weighted by Gasteiger charge is -2.36. The zero-order valence-corrected chi connectivity index (χ0v) is 40.3. The number of benzene rings is 3. The normalized spacial score (nSPS) is 17.8. The molecule has 2 saturated heterocycles. The second-order valence-electron chi connectivity index (χ2n) is 18.1. The van der Waals surface area contributed by atoms with Crippen LogP contribution in [0.4, 0.5) is 14.5 Å². The molecule has 3 aromatic carbocycles. The zero-order chi connectivity index (χ0) is 50.0. The number of piperidine rings is 1. The van der Waals surface area contributed by atoms with Gasteiger partial charge in [0, 0.05) is 77.5 Å². The molecule has 0 radical (unpaired) electrons. The monoisotopic (exact) mass is 1010 g/mol. The van der Waals surface area contributed by atoms with E-state index < -0.39 is 66.0 Å². The van der Waals surface area contributed by atoms with Crippen LogP contribution in [0.1, 0.15) is 102 Å². The van der Waals surface area contributed by atoms with Gasteiger partial charge >= 0.3 is 13.3 Å². The van der Waals surface area contributed by atoms with Gasteiger partial charge in [0.25, 0.3) is 11.8 Å². The van der Waals surface area contributed by atoms with Gasteiger partial charge in [-0.05, 0) is 96.6 Å². The first kappa shape index (κ1) is 50.8. The summed E-state index contributed by atoms with van der Waals surface area (Å²) < 4.78 is 40.8. The van der Waals surface area contributed by atoms with Crippen molar-refractivity contribution in [1.29, 1.82) is 0 Å². The Labute approximate surface area is 405 Å². The van der Waals surface area contributed by atoms with E-state index in [1.807, 2.05) is 0 Å². The third kappa shape index (κ3) is 11.2. The van der Waals surface area contributed by atoms with Crippen molar-refractivity contribution in [2.24, 2.45) is 5.41 Å². The van der Waals surface area contributed by atoms with Gasteiger partial charge in [-0.15, -0.1) is 11.3 Å². The Morgan fingerprint density at radius 1 is 1.03 bits per heavy atom. The Balaban J connectivity index is 0.965. The lowest BCUT2D eigenvalue weighted by molar-refractivity contribution is -0.141. The number of unbranched alkanes of at least 4 members (excludes halogenated alkanes) is 1. The van der Waals surface area contributed by atoms with Gasteiger partial charge in [-0.25, -0.2) is 0 Å². The molecule has 5 N–H and O–H groups in total. The van der Waals surface area contributed by atoms with E-state index in [0.717, 1.165) is 23.5 Å². The Morgan fingerprint density at radius 2 is 1.77 bits per heavy atom. The number of rotatable bonds is 14. The van der Waals surface area contributed by atoms with Gasteiger partial charge in [-0.1, -0.05) is 56.3 Å². The van der Waals surface area contributed by atoms with Crippen molar-refractivity contribution in [2.75, 3.05) is 24.5 Å². The fourth-order valence-electron chi connectivity index (χ4n) is 8.55. The number of halogens is 3. The van der Waals surface area contributed by atoms with E-state index in [9.17, 15) is 56.7 Å². The summed E-state index contributed by atoms with van der Waals surface area (Å²) in [5.41, 5.74) is -3.96. The fraction of sp³-hybridized carbons (Fsp3) is 0.396. The molecule has 0 bridgehead atoms. The summed E-state index contributed by atoms with van der Waals surface area (Å²) in [6, 6.07) is 13.2. The Kier molecular flexibility index (Phi) is 15.1. The molecule has 3 unspecified atom stereocenters. The summed E-state index contributed by atoms with van der Waals surface area (Å²) in [5, 5.41) is 8.52. The molecule has 0 aliphatic carbocycles. The molecule has 1 aromatic heterocycles. The van der Waals surface area contributed by atoms with Crippen LogP contribution in [0.2, 0.25) is 5.02 Å². The predicted octanol–water partition coefficient (Wildman–Crippen LogP) is 6.05. The number of amides is 7. The molecule has 0 saturated carbocycles. The average molecular weight is 1010 g/mol. The van der Waals surface area contributed by atoms with Crippen molar-refractivity contribution in [3.8, 4) is 11.8 Å². The molecular formula is C48H50ClF2N6O10PS. The number of imide groups is 1. The van der Waals surface area contributed by atoms with Crippen molar-refractivity contribution in [1.82, 2.24) is 25.8 Å². The molecule has 364 valence electrons. The van der Waals surface area contributed by atoms with E-state index in [4.69, 9.17) is 11.6 Å². The minimum Gasteiger partial charge on any atom is -0.356 e. The molecule has 0 spiro atoms. The molecule has 21 heteroatoms. The largest absolute Gasteiger partial charge is 0.399 e. The molecule has 4 aromatic rings. The summed E-state index contributed by atoms with van der Waals surface area (Å²) >= 11 is 7.13. The van der Waals surface area contributed by atoms with E-state index >= 15 is 0 Å². The lowest BCUT2D eigenvalue weighted by Crippen LogP contribution is -2.58. The molecule has 4 heterocycles. The smallest absolute Gasteiger partial charge is 0.356 e. The molecule has 7 amide bonds. The highest BCUT2D eigenvalue weighted by Gasteiger charge is 2.50. The van der Waals surface area contributed by atoms with Crippen LogP contribution < -0.4 is 20.9 Å². The number of fused-ring (bicyclic) bond motifs is 2. The third-order valence-electron chi connectivity index (χ3n) is 12.2. The summed E-state index contributed by atoms with van der Waals surface area (Å²) in [6.07, 6.45) is 2.03. The standard InChI is InChI=1S/C48H50ClF2N6O10PS/c1-47(2,3)41(54-43(61)38-26-29-25-30(13-19-37(29)69-38)48(50,51)68(65,66)67)46(64)56-23-8-12-36(56)45(63)55(32-16-14-31(49)15-17-32)24-21-39(58)52-22-6-4-5-9-28-10-7-11-33-34(28)27-57(44(33)62)35-18-20-40(59)53-42(35)60/h7,10-11,13-17,19,25-26,35-36,41H,4,6,8,12,18,20-24,27H2,1-3H3,(H,52,58)(H,54,61)(H,53,59,60)(H2,65,66,67). The predicted molar refractivity (Wildman–Crippen MR) is 253 cm³/mol. The van der Waals surface area contributed by atoms with Crippen LogP contribution in [0.15, 0.2) is 66.7 Å².